The van der Waals surface area contributed by atoms with Crippen LogP contribution in [0.2, 0.25) is 0 Å². The highest BCUT2D eigenvalue weighted by Gasteiger charge is 2.11. The van der Waals surface area contributed by atoms with Crippen molar-refractivity contribution < 1.29 is 13.6 Å². The number of rotatable bonds is 4. The summed E-state index contributed by atoms with van der Waals surface area (Å²) in [5.74, 6) is 0.947. The van der Waals surface area contributed by atoms with Crippen molar-refractivity contribution in [2.45, 2.75) is 13.8 Å². The first-order chi connectivity index (χ1) is 13.1. The van der Waals surface area contributed by atoms with E-state index in [1.54, 1.807) is 42.7 Å². The lowest BCUT2D eigenvalue weighted by atomic mass is 10.1. The van der Waals surface area contributed by atoms with Gasteiger partial charge in [0.1, 0.15) is 11.3 Å². The van der Waals surface area contributed by atoms with E-state index in [0.717, 1.165) is 11.1 Å². The Bertz CT molecular complexity index is 1140. The van der Waals surface area contributed by atoms with Crippen molar-refractivity contribution in [3.8, 4) is 11.5 Å². The molecule has 4 aromatic rings. The molecule has 134 valence electrons. The van der Waals surface area contributed by atoms with Gasteiger partial charge >= 0.3 is 0 Å². The first-order valence-electron chi connectivity index (χ1n) is 8.59. The maximum atomic E-state index is 12.1. The van der Waals surface area contributed by atoms with Crippen LogP contribution in [0.25, 0.3) is 28.6 Å². The van der Waals surface area contributed by atoms with Crippen molar-refractivity contribution in [1.82, 2.24) is 4.98 Å². The topological polar surface area (TPSA) is 68.3 Å². The Labute approximate surface area is 156 Å². The Morgan fingerprint density at radius 3 is 2.78 bits per heavy atom. The quantitative estimate of drug-likeness (QED) is 0.499. The van der Waals surface area contributed by atoms with E-state index in [1.807, 2.05) is 19.1 Å². The third-order valence-corrected chi connectivity index (χ3v) is 4.21. The molecule has 0 fully saturated rings. The molecule has 1 amide bonds. The highest BCUT2D eigenvalue weighted by atomic mass is 16.3. The SMILES string of the molecule is Cc1ccc(-c2nc3cc(NC(=O)C=Cc4ccco4)ccc3o2)c(C)c1. The minimum Gasteiger partial charge on any atom is -0.465 e. The van der Waals surface area contributed by atoms with E-state index >= 15 is 0 Å². The van der Waals surface area contributed by atoms with E-state index in [-0.39, 0.29) is 5.91 Å². The van der Waals surface area contributed by atoms with E-state index in [1.165, 1.54) is 11.6 Å². The number of hydrogen-bond acceptors (Lipinski definition) is 4. The van der Waals surface area contributed by atoms with Crippen LogP contribution in [-0.4, -0.2) is 10.9 Å². The van der Waals surface area contributed by atoms with Gasteiger partial charge < -0.3 is 14.2 Å². The lowest BCUT2D eigenvalue weighted by Gasteiger charge is -2.01. The Balaban J connectivity index is 1.56. The van der Waals surface area contributed by atoms with Crippen LogP contribution in [0.4, 0.5) is 5.69 Å². The first kappa shape index (κ1) is 16.8. The molecular weight excluding hydrogens is 340 g/mol. The summed E-state index contributed by atoms with van der Waals surface area (Å²) >= 11 is 0. The predicted octanol–water partition coefficient (Wildman–Crippen LogP) is 5.36. The van der Waals surface area contributed by atoms with Crippen molar-refractivity contribution in [2.24, 2.45) is 0 Å². The molecule has 2 aromatic carbocycles. The van der Waals surface area contributed by atoms with Crippen molar-refractivity contribution in [3.63, 3.8) is 0 Å². The summed E-state index contributed by atoms with van der Waals surface area (Å²) in [5, 5.41) is 2.82. The van der Waals surface area contributed by atoms with Crippen LogP contribution in [-0.2, 0) is 4.79 Å². The summed E-state index contributed by atoms with van der Waals surface area (Å²) < 4.78 is 11.0. The van der Waals surface area contributed by atoms with E-state index in [0.29, 0.717) is 28.4 Å². The smallest absolute Gasteiger partial charge is 0.248 e. The van der Waals surface area contributed by atoms with Gasteiger partial charge in [-0.1, -0.05) is 17.7 Å². The zero-order valence-electron chi connectivity index (χ0n) is 15.0. The number of nitrogens with one attached hydrogen (secondary N) is 1. The number of oxazole rings is 1. The molecule has 0 aliphatic heterocycles. The average molecular weight is 358 g/mol. The highest BCUT2D eigenvalue weighted by molar-refractivity contribution is 6.02. The summed E-state index contributed by atoms with van der Waals surface area (Å²) in [7, 11) is 0. The number of amides is 1. The molecule has 5 nitrogen and oxygen atoms in total. The van der Waals surface area contributed by atoms with E-state index in [9.17, 15) is 4.79 Å². The standard InChI is InChI=1S/C22H18N2O3/c1-14-5-8-18(15(2)12-14)22-24-19-13-16(6-9-20(19)27-22)23-21(25)10-7-17-4-3-11-26-17/h3-13H,1-2H3,(H,23,25). The van der Waals surface area contributed by atoms with Crippen LogP contribution in [0.15, 0.2) is 69.7 Å². The maximum Gasteiger partial charge on any atom is 0.248 e. The van der Waals surface area contributed by atoms with Gasteiger partial charge in [0.2, 0.25) is 11.8 Å². The number of aromatic nitrogens is 1. The van der Waals surface area contributed by atoms with Gasteiger partial charge in [-0.25, -0.2) is 4.98 Å². The van der Waals surface area contributed by atoms with Gasteiger partial charge in [0.25, 0.3) is 0 Å². The lowest BCUT2D eigenvalue weighted by Crippen LogP contribution is -2.07. The number of fused-ring (bicyclic) bond motifs is 1. The molecule has 4 rings (SSSR count). The average Bonchev–Trinajstić information content (AvgIpc) is 3.29. The highest BCUT2D eigenvalue weighted by Crippen LogP contribution is 2.28. The summed E-state index contributed by atoms with van der Waals surface area (Å²) in [4.78, 5) is 16.6. The lowest BCUT2D eigenvalue weighted by molar-refractivity contribution is -0.111. The molecule has 2 heterocycles. The minimum absolute atomic E-state index is 0.246. The second-order valence-corrected chi connectivity index (χ2v) is 6.36. The van der Waals surface area contributed by atoms with Crippen LogP contribution in [0, 0.1) is 13.8 Å². The second kappa shape index (κ2) is 6.96. The van der Waals surface area contributed by atoms with Gasteiger partial charge in [-0.3, -0.25) is 4.79 Å². The number of aryl methyl sites for hydroxylation is 2. The van der Waals surface area contributed by atoms with E-state index < -0.39 is 0 Å². The Morgan fingerprint density at radius 2 is 2.00 bits per heavy atom. The van der Waals surface area contributed by atoms with Gasteiger partial charge in [-0.05, 0) is 61.9 Å². The summed E-state index contributed by atoms with van der Waals surface area (Å²) in [5.41, 5.74) is 5.28. The molecule has 2 aromatic heterocycles. The Kier molecular flexibility index (Phi) is 4.34. The number of nitrogens with zero attached hydrogens (tertiary/aromatic N) is 1. The zero-order valence-corrected chi connectivity index (χ0v) is 15.0. The minimum atomic E-state index is -0.246. The molecule has 5 heteroatoms. The van der Waals surface area contributed by atoms with Crippen molar-refractivity contribution in [3.05, 3.63) is 77.8 Å². The number of furan rings is 1. The fraction of sp³-hybridized carbons (Fsp3) is 0.0909. The monoisotopic (exact) mass is 358 g/mol. The summed E-state index contributed by atoms with van der Waals surface area (Å²) in [6, 6.07) is 15.1. The molecule has 27 heavy (non-hydrogen) atoms. The molecule has 0 saturated carbocycles. The molecule has 0 unspecified atom stereocenters. The summed E-state index contributed by atoms with van der Waals surface area (Å²) in [6.45, 7) is 4.09. The van der Waals surface area contributed by atoms with Gasteiger partial charge in [-0.2, -0.15) is 0 Å². The predicted molar refractivity (Wildman–Crippen MR) is 105 cm³/mol. The van der Waals surface area contributed by atoms with E-state index in [4.69, 9.17) is 8.83 Å². The van der Waals surface area contributed by atoms with Crippen LogP contribution in [0.5, 0.6) is 0 Å². The van der Waals surface area contributed by atoms with Gasteiger partial charge in [0.05, 0.1) is 6.26 Å². The number of anilines is 1. The fourth-order valence-corrected chi connectivity index (χ4v) is 2.90. The van der Waals surface area contributed by atoms with Crippen molar-refractivity contribution >= 4 is 28.8 Å². The van der Waals surface area contributed by atoms with Gasteiger partial charge in [-0.15, -0.1) is 0 Å². The largest absolute Gasteiger partial charge is 0.465 e. The second-order valence-electron chi connectivity index (χ2n) is 6.36. The number of hydrogen-bond donors (Lipinski definition) is 1. The Hall–Kier alpha value is -3.60. The van der Waals surface area contributed by atoms with Crippen molar-refractivity contribution in [1.29, 1.82) is 0 Å². The number of carbonyl (C=O) groups excluding carboxylic acids is 1. The third kappa shape index (κ3) is 3.67. The molecule has 0 radical (unpaired) electrons. The molecular formula is C22H18N2O3. The maximum absolute atomic E-state index is 12.1. The molecule has 0 aliphatic rings. The zero-order chi connectivity index (χ0) is 18.8. The number of benzene rings is 2. The van der Waals surface area contributed by atoms with Crippen LogP contribution < -0.4 is 5.32 Å². The molecule has 0 bridgehead atoms. The summed E-state index contributed by atoms with van der Waals surface area (Å²) in [6.07, 6.45) is 4.60. The van der Waals surface area contributed by atoms with Crippen LogP contribution in [0.3, 0.4) is 0 Å². The molecule has 0 saturated heterocycles. The normalized spacial score (nSPS) is 11.3. The molecule has 0 atom stereocenters. The first-order valence-corrected chi connectivity index (χ1v) is 8.59. The van der Waals surface area contributed by atoms with E-state index in [2.05, 4.69) is 23.3 Å². The Morgan fingerprint density at radius 1 is 1.11 bits per heavy atom. The fourth-order valence-electron chi connectivity index (χ4n) is 2.90. The van der Waals surface area contributed by atoms with Crippen LogP contribution >= 0.6 is 0 Å². The third-order valence-electron chi connectivity index (χ3n) is 4.21. The van der Waals surface area contributed by atoms with Gasteiger partial charge in [0.15, 0.2) is 5.58 Å². The molecule has 1 N–H and O–H groups in total. The molecule has 0 aliphatic carbocycles. The van der Waals surface area contributed by atoms with Gasteiger partial charge in [0, 0.05) is 17.3 Å². The number of carbonyl (C=O) groups is 1. The van der Waals surface area contributed by atoms with Crippen molar-refractivity contribution in [2.75, 3.05) is 5.32 Å². The van der Waals surface area contributed by atoms with Crippen LogP contribution in [0.1, 0.15) is 16.9 Å². The molecule has 0 spiro atoms.